The zero-order valence-corrected chi connectivity index (χ0v) is 13.8. The number of nitro groups is 1. The van der Waals surface area contributed by atoms with Crippen molar-refractivity contribution in [1.82, 2.24) is 0 Å². The van der Waals surface area contributed by atoms with E-state index in [-0.39, 0.29) is 37.4 Å². The van der Waals surface area contributed by atoms with Crippen LogP contribution < -0.4 is 5.32 Å². The predicted molar refractivity (Wildman–Crippen MR) is 87.2 cm³/mol. The predicted octanol–water partition coefficient (Wildman–Crippen LogP) is 4.78. The number of hydrogen-bond donors (Lipinski definition) is 1. The van der Waals surface area contributed by atoms with Crippen LogP contribution in [-0.2, 0) is 5.41 Å². The summed E-state index contributed by atoms with van der Waals surface area (Å²) in [5.41, 5.74) is -0.0223. The Bertz CT molecular complexity index is 662. The van der Waals surface area contributed by atoms with Crippen molar-refractivity contribution in [2.24, 2.45) is 0 Å². The van der Waals surface area contributed by atoms with Crippen LogP contribution in [0.2, 0.25) is 0 Å². The van der Waals surface area contributed by atoms with Crippen molar-refractivity contribution >= 4 is 11.4 Å². The summed E-state index contributed by atoms with van der Waals surface area (Å²) in [7, 11) is 0. The van der Waals surface area contributed by atoms with Gasteiger partial charge in [0.05, 0.1) is 16.4 Å². The van der Waals surface area contributed by atoms with Gasteiger partial charge < -0.3 is 5.32 Å². The summed E-state index contributed by atoms with van der Waals surface area (Å²) in [4.78, 5) is 10.9. The van der Waals surface area contributed by atoms with Gasteiger partial charge in [-0.25, -0.2) is 8.78 Å². The molecule has 0 aliphatic heterocycles. The number of benzene rings is 1. The molecule has 7 heteroatoms. The van der Waals surface area contributed by atoms with Crippen molar-refractivity contribution in [2.45, 2.75) is 63.3 Å². The zero-order valence-electron chi connectivity index (χ0n) is 13.8. The van der Waals surface area contributed by atoms with Crippen LogP contribution >= 0.6 is 0 Å². The van der Waals surface area contributed by atoms with Crippen LogP contribution in [0.5, 0.6) is 0 Å². The van der Waals surface area contributed by atoms with Crippen molar-refractivity contribution in [3.63, 3.8) is 0 Å². The normalized spacial score (nSPS) is 20.0. The Labute approximate surface area is 139 Å². The summed E-state index contributed by atoms with van der Waals surface area (Å²) in [6, 6.07) is 6.67. The maximum atomic E-state index is 13.2. The molecule has 0 radical (unpaired) electrons. The van der Waals surface area contributed by atoms with Gasteiger partial charge in [0, 0.05) is 24.9 Å². The van der Waals surface area contributed by atoms with Gasteiger partial charge in [0.15, 0.2) is 0 Å². The van der Waals surface area contributed by atoms with Crippen molar-refractivity contribution in [3.8, 4) is 6.07 Å². The van der Waals surface area contributed by atoms with E-state index in [1.54, 1.807) is 19.1 Å². The highest BCUT2D eigenvalue weighted by molar-refractivity contribution is 5.64. The van der Waals surface area contributed by atoms with Crippen LogP contribution in [0.3, 0.4) is 0 Å². The second kappa shape index (κ2) is 6.71. The maximum absolute atomic E-state index is 13.2. The number of rotatable bonds is 5. The Morgan fingerprint density at radius 2 is 2.08 bits per heavy atom. The first-order valence-electron chi connectivity index (χ1n) is 8.05. The lowest BCUT2D eigenvalue weighted by Crippen LogP contribution is -2.32. The number of nitrogens with one attached hydrogen (secondary N) is 1. The fourth-order valence-corrected chi connectivity index (χ4v) is 2.90. The maximum Gasteiger partial charge on any atom is 0.292 e. The highest BCUT2D eigenvalue weighted by atomic mass is 19.3. The Hall–Kier alpha value is -2.23. The molecule has 130 valence electrons. The number of nitro benzene ring substituents is 1. The lowest BCUT2D eigenvalue weighted by Gasteiger charge is -2.29. The van der Waals surface area contributed by atoms with E-state index in [1.807, 2.05) is 6.92 Å². The molecule has 0 aromatic heterocycles. The minimum atomic E-state index is -2.64. The molecular weight excluding hydrogens is 316 g/mol. The minimum absolute atomic E-state index is 0.125. The number of hydrogen-bond acceptors (Lipinski definition) is 4. The molecule has 1 aromatic carbocycles. The topological polar surface area (TPSA) is 79.0 Å². The van der Waals surface area contributed by atoms with Gasteiger partial charge in [-0.2, -0.15) is 5.26 Å². The summed E-state index contributed by atoms with van der Waals surface area (Å²) in [6.45, 7) is 3.59. The molecule has 0 amide bonds. The van der Waals surface area contributed by atoms with Crippen LogP contribution in [0.4, 0.5) is 20.2 Å². The van der Waals surface area contributed by atoms with E-state index < -0.39 is 16.3 Å². The van der Waals surface area contributed by atoms with E-state index >= 15 is 0 Å². The molecule has 1 N–H and O–H groups in total. The highest BCUT2D eigenvalue weighted by Gasteiger charge is 2.35. The molecule has 1 aromatic rings. The second-order valence-electron chi connectivity index (χ2n) is 6.56. The van der Waals surface area contributed by atoms with E-state index in [1.165, 1.54) is 6.07 Å². The lowest BCUT2D eigenvalue weighted by molar-refractivity contribution is -0.384. The summed E-state index contributed by atoms with van der Waals surface area (Å²) in [6.07, 6.45) is 0.663. The van der Waals surface area contributed by atoms with Gasteiger partial charge in [0.1, 0.15) is 5.69 Å². The molecule has 2 rings (SSSR count). The third-order valence-corrected chi connectivity index (χ3v) is 4.86. The summed E-state index contributed by atoms with van der Waals surface area (Å²) >= 11 is 0. The Kier molecular flexibility index (Phi) is 5.07. The van der Waals surface area contributed by atoms with E-state index in [0.29, 0.717) is 17.7 Å². The van der Waals surface area contributed by atoms with Crippen molar-refractivity contribution in [2.75, 3.05) is 5.32 Å². The first-order valence-corrected chi connectivity index (χ1v) is 8.05. The second-order valence-corrected chi connectivity index (χ2v) is 6.56. The Morgan fingerprint density at radius 1 is 1.46 bits per heavy atom. The highest BCUT2D eigenvalue weighted by Crippen LogP contribution is 2.37. The molecule has 1 aliphatic rings. The van der Waals surface area contributed by atoms with Gasteiger partial charge >= 0.3 is 0 Å². The van der Waals surface area contributed by atoms with E-state index in [9.17, 15) is 24.2 Å². The summed E-state index contributed by atoms with van der Waals surface area (Å²) < 4.78 is 26.4. The molecular formula is C17H21F2N3O2. The SMILES string of the molecule is CCC(C)(C#N)c1ccc(NC2CCC(F)(F)CC2)c([N+](=O)[O-])c1. The molecule has 1 atom stereocenters. The molecule has 0 bridgehead atoms. The molecule has 1 saturated carbocycles. The van der Waals surface area contributed by atoms with Crippen molar-refractivity contribution < 1.29 is 13.7 Å². The van der Waals surface area contributed by atoms with Gasteiger partial charge in [-0.1, -0.05) is 13.0 Å². The summed E-state index contributed by atoms with van der Waals surface area (Å²) in [5, 5.41) is 23.8. The quantitative estimate of drug-likeness (QED) is 0.619. The average Bonchev–Trinajstić information content (AvgIpc) is 2.56. The monoisotopic (exact) mass is 337 g/mol. The third kappa shape index (κ3) is 3.81. The van der Waals surface area contributed by atoms with Crippen LogP contribution in [0.25, 0.3) is 0 Å². The Balaban J connectivity index is 2.25. The molecule has 1 fully saturated rings. The van der Waals surface area contributed by atoms with Gasteiger partial charge in [0.2, 0.25) is 5.92 Å². The zero-order chi connectivity index (χ0) is 18.0. The molecule has 0 spiro atoms. The van der Waals surface area contributed by atoms with E-state index in [4.69, 9.17) is 0 Å². The minimum Gasteiger partial charge on any atom is -0.377 e. The van der Waals surface area contributed by atoms with Crippen LogP contribution in [0.15, 0.2) is 18.2 Å². The fourth-order valence-electron chi connectivity index (χ4n) is 2.90. The largest absolute Gasteiger partial charge is 0.377 e. The van der Waals surface area contributed by atoms with Gasteiger partial charge in [-0.15, -0.1) is 0 Å². The number of nitriles is 1. The van der Waals surface area contributed by atoms with Gasteiger partial charge in [-0.3, -0.25) is 10.1 Å². The van der Waals surface area contributed by atoms with Gasteiger partial charge in [0.25, 0.3) is 5.69 Å². The molecule has 1 aliphatic carbocycles. The number of halogens is 2. The first kappa shape index (κ1) is 18.1. The fraction of sp³-hybridized carbons (Fsp3) is 0.588. The van der Waals surface area contributed by atoms with Crippen LogP contribution in [0.1, 0.15) is 51.5 Å². The molecule has 0 heterocycles. The van der Waals surface area contributed by atoms with Crippen LogP contribution in [0, 0.1) is 21.4 Å². The molecule has 24 heavy (non-hydrogen) atoms. The third-order valence-electron chi connectivity index (χ3n) is 4.86. The van der Waals surface area contributed by atoms with Gasteiger partial charge in [-0.05, 0) is 37.8 Å². The average molecular weight is 337 g/mol. The van der Waals surface area contributed by atoms with Crippen LogP contribution in [-0.4, -0.2) is 16.9 Å². The number of anilines is 1. The molecule has 5 nitrogen and oxygen atoms in total. The van der Waals surface area contributed by atoms with E-state index in [0.717, 1.165) is 0 Å². The number of alkyl halides is 2. The lowest BCUT2D eigenvalue weighted by atomic mass is 9.81. The smallest absolute Gasteiger partial charge is 0.292 e. The first-order chi connectivity index (χ1) is 11.2. The standard InChI is InChI=1S/C17H21F2N3O2/c1-3-16(2,11-20)12-4-5-14(15(10-12)22(23)24)21-13-6-8-17(18,19)9-7-13/h4-5,10,13,21H,3,6-9H2,1-2H3. The van der Waals surface area contributed by atoms with Crippen molar-refractivity contribution in [3.05, 3.63) is 33.9 Å². The van der Waals surface area contributed by atoms with E-state index in [2.05, 4.69) is 11.4 Å². The van der Waals surface area contributed by atoms with Crippen molar-refractivity contribution in [1.29, 1.82) is 5.26 Å². The number of nitrogens with zero attached hydrogens (tertiary/aromatic N) is 2. The summed E-state index contributed by atoms with van der Waals surface area (Å²) in [5.74, 6) is -2.64. The molecule has 1 unspecified atom stereocenters. The molecule has 0 saturated heterocycles. The Morgan fingerprint density at radius 3 is 2.58 bits per heavy atom.